The lowest BCUT2D eigenvalue weighted by Gasteiger charge is -2.45. The van der Waals surface area contributed by atoms with E-state index in [2.05, 4.69) is 0 Å². The van der Waals surface area contributed by atoms with Crippen molar-refractivity contribution in [1.29, 1.82) is 0 Å². The van der Waals surface area contributed by atoms with Crippen molar-refractivity contribution in [3.8, 4) is 17.2 Å². The summed E-state index contributed by atoms with van der Waals surface area (Å²) in [6.45, 7) is 0.799. The van der Waals surface area contributed by atoms with Crippen molar-refractivity contribution in [2.75, 3.05) is 27.5 Å². The van der Waals surface area contributed by atoms with E-state index in [1.165, 1.54) is 0 Å². The van der Waals surface area contributed by atoms with Gasteiger partial charge in [0, 0.05) is 24.9 Å². The fourth-order valence-electron chi connectivity index (χ4n) is 5.05. The molecule has 1 saturated carbocycles. The Hall–Kier alpha value is -2.48. The molecule has 0 amide bonds. The van der Waals surface area contributed by atoms with Crippen LogP contribution in [-0.2, 0) is 25.5 Å². The topological polar surface area (TPSA) is 83.5 Å². The molecule has 1 atom stereocenters. The highest BCUT2D eigenvalue weighted by Crippen LogP contribution is 2.52. The first-order valence-corrected chi connectivity index (χ1v) is 10.2. The smallest absolute Gasteiger partial charge is 0.325 e. The number of benzene rings is 1. The van der Waals surface area contributed by atoms with Gasteiger partial charge in [0.05, 0.1) is 13.2 Å². The third-order valence-corrected chi connectivity index (χ3v) is 6.46. The Labute approximate surface area is 169 Å². The van der Waals surface area contributed by atoms with Gasteiger partial charge in [-0.05, 0) is 37.9 Å². The number of carbonyl (C=O) groups is 2. The van der Waals surface area contributed by atoms with Crippen LogP contribution in [0, 0.1) is 5.92 Å². The van der Waals surface area contributed by atoms with Crippen LogP contribution in [0.15, 0.2) is 6.07 Å². The Morgan fingerprint density at radius 2 is 1.83 bits per heavy atom. The predicted octanol–water partition coefficient (Wildman–Crippen LogP) is 2.33. The summed E-state index contributed by atoms with van der Waals surface area (Å²) >= 11 is 0. The third kappa shape index (κ3) is 2.84. The van der Waals surface area contributed by atoms with Gasteiger partial charge < -0.3 is 23.7 Å². The molecule has 1 aliphatic carbocycles. The molecular formula is C21H25NO7. The molecule has 1 spiro atoms. The molecule has 5 rings (SSSR count). The van der Waals surface area contributed by atoms with Crippen molar-refractivity contribution in [3.63, 3.8) is 0 Å². The predicted molar refractivity (Wildman–Crippen MR) is 99.7 cm³/mol. The summed E-state index contributed by atoms with van der Waals surface area (Å²) in [6.07, 6.45) is 4.70. The average molecular weight is 403 g/mol. The van der Waals surface area contributed by atoms with Crippen molar-refractivity contribution >= 4 is 11.9 Å². The van der Waals surface area contributed by atoms with Gasteiger partial charge in [0.1, 0.15) is 0 Å². The van der Waals surface area contributed by atoms with E-state index < -0.39 is 29.7 Å². The van der Waals surface area contributed by atoms with Crippen molar-refractivity contribution in [2.45, 2.75) is 50.4 Å². The second-order valence-electron chi connectivity index (χ2n) is 8.18. The number of carbonyl (C=O) groups excluding carboxylic acids is 2. The van der Waals surface area contributed by atoms with Crippen LogP contribution < -0.4 is 14.2 Å². The third-order valence-electron chi connectivity index (χ3n) is 6.46. The largest absolute Gasteiger partial charge is 0.492 e. The van der Waals surface area contributed by atoms with E-state index in [4.69, 9.17) is 23.7 Å². The molecule has 3 aliphatic heterocycles. The van der Waals surface area contributed by atoms with Crippen molar-refractivity contribution in [3.05, 3.63) is 17.2 Å². The van der Waals surface area contributed by atoms with Gasteiger partial charge in [-0.2, -0.15) is 0 Å². The van der Waals surface area contributed by atoms with Crippen molar-refractivity contribution in [1.82, 2.24) is 4.90 Å². The van der Waals surface area contributed by atoms with Crippen LogP contribution in [0.3, 0.4) is 0 Å². The molecule has 0 N–H and O–H groups in total. The van der Waals surface area contributed by atoms with E-state index in [0.717, 1.165) is 36.8 Å². The minimum Gasteiger partial charge on any atom is -0.492 e. The molecule has 29 heavy (non-hydrogen) atoms. The normalized spacial score (nSPS) is 26.1. The standard InChI is InChI=1S/C21H25NO7/c1-22-9-6-12-10-13-17(27-11-26-13)18(25-2)14(12)16(22)15-19(23)28-21(29-20(15)24)7-4-3-5-8-21/h10,15-16H,3-9,11H2,1-2H3/t16-/m1/s1. The van der Waals surface area contributed by atoms with Gasteiger partial charge in [-0.25, -0.2) is 0 Å². The SMILES string of the molecule is COc1c2c(cc3c1[C@H](C1C(=O)OC4(CCCCC4)OC1=O)N(C)CC3)OCO2. The van der Waals surface area contributed by atoms with Gasteiger partial charge in [0.15, 0.2) is 17.4 Å². The Bertz CT molecular complexity index is 841. The van der Waals surface area contributed by atoms with Gasteiger partial charge in [0.2, 0.25) is 12.5 Å². The maximum atomic E-state index is 13.1. The average Bonchev–Trinajstić information content (AvgIpc) is 3.16. The van der Waals surface area contributed by atoms with Crippen LogP contribution in [0.2, 0.25) is 0 Å². The van der Waals surface area contributed by atoms with E-state index in [-0.39, 0.29) is 6.79 Å². The summed E-state index contributed by atoms with van der Waals surface area (Å²) in [5.41, 5.74) is 1.75. The number of esters is 2. The number of ether oxygens (including phenoxy) is 5. The molecule has 8 nitrogen and oxygen atoms in total. The molecule has 1 aromatic rings. The number of rotatable bonds is 2. The molecule has 0 radical (unpaired) electrons. The number of likely N-dealkylation sites (N-methyl/N-ethyl adjacent to an activating group) is 1. The lowest BCUT2D eigenvalue weighted by Crippen LogP contribution is -2.54. The maximum absolute atomic E-state index is 13.1. The highest BCUT2D eigenvalue weighted by molar-refractivity contribution is 5.98. The van der Waals surface area contributed by atoms with Crippen LogP contribution in [0.1, 0.15) is 49.3 Å². The van der Waals surface area contributed by atoms with E-state index in [0.29, 0.717) is 36.6 Å². The van der Waals surface area contributed by atoms with Gasteiger partial charge in [-0.15, -0.1) is 0 Å². The van der Waals surface area contributed by atoms with Crippen LogP contribution in [0.25, 0.3) is 0 Å². The molecule has 156 valence electrons. The van der Waals surface area contributed by atoms with Gasteiger partial charge >= 0.3 is 11.9 Å². The molecule has 1 saturated heterocycles. The van der Waals surface area contributed by atoms with E-state index in [1.54, 1.807) is 7.11 Å². The molecular weight excluding hydrogens is 378 g/mol. The summed E-state index contributed by atoms with van der Waals surface area (Å²) < 4.78 is 28.4. The van der Waals surface area contributed by atoms with E-state index >= 15 is 0 Å². The zero-order valence-corrected chi connectivity index (χ0v) is 16.7. The second kappa shape index (κ2) is 6.79. The van der Waals surface area contributed by atoms with Crippen LogP contribution in [-0.4, -0.2) is 50.1 Å². The number of hydrogen-bond donors (Lipinski definition) is 0. The minimum atomic E-state index is -1.09. The molecule has 4 aliphatic rings. The monoisotopic (exact) mass is 403 g/mol. The fourth-order valence-corrected chi connectivity index (χ4v) is 5.05. The first-order chi connectivity index (χ1) is 14.0. The van der Waals surface area contributed by atoms with Crippen LogP contribution in [0.4, 0.5) is 0 Å². The van der Waals surface area contributed by atoms with Gasteiger partial charge in [-0.1, -0.05) is 6.42 Å². The summed E-state index contributed by atoms with van der Waals surface area (Å²) in [6, 6.07) is 1.37. The Balaban J connectivity index is 1.55. The van der Waals surface area contributed by atoms with Crippen LogP contribution >= 0.6 is 0 Å². The lowest BCUT2D eigenvalue weighted by molar-refractivity contribution is -0.263. The zero-order chi connectivity index (χ0) is 20.2. The Morgan fingerprint density at radius 1 is 1.10 bits per heavy atom. The molecule has 0 bridgehead atoms. The highest BCUT2D eigenvalue weighted by Gasteiger charge is 2.54. The molecule has 2 fully saturated rings. The van der Waals surface area contributed by atoms with Gasteiger partial charge in [-0.3, -0.25) is 14.5 Å². The van der Waals surface area contributed by atoms with E-state index in [1.807, 2.05) is 18.0 Å². The first-order valence-electron chi connectivity index (χ1n) is 10.2. The molecule has 3 heterocycles. The summed E-state index contributed by atoms with van der Waals surface area (Å²) in [7, 11) is 3.45. The summed E-state index contributed by atoms with van der Waals surface area (Å²) in [5, 5.41) is 0. The minimum absolute atomic E-state index is 0.116. The lowest BCUT2D eigenvalue weighted by atomic mass is 9.82. The Kier molecular flexibility index (Phi) is 4.34. The first kappa shape index (κ1) is 18.5. The molecule has 0 aromatic heterocycles. The molecule has 0 unspecified atom stereocenters. The zero-order valence-electron chi connectivity index (χ0n) is 16.7. The number of methoxy groups -OCH3 is 1. The summed E-state index contributed by atoms with van der Waals surface area (Å²) in [5.74, 6) is -1.56. The highest BCUT2D eigenvalue weighted by atomic mass is 16.7. The quantitative estimate of drug-likeness (QED) is 0.550. The van der Waals surface area contributed by atoms with Crippen LogP contribution in [0.5, 0.6) is 17.2 Å². The fraction of sp³-hybridized carbons (Fsp3) is 0.619. The second-order valence-corrected chi connectivity index (χ2v) is 8.18. The van der Waals surface area contributed by atoms with Crippen molar-refractivity contribution in [2.24, 2.45) is 5.92 Å². The number of hydrogen-bond acceptors (Lipinski definition) is 8. The number of fused-ring (bicyclic) bond motifs is 2. The number of nitrogens with zero attached hydrogens (tertiary/aromatic N) is 1. The van der Waals surface area contributed by atoms with Crippen molar-refractivity contribution < 1.29 is 33.3 Å². The molecule has 1 aromatic carbocycles. The Morgan fingerprint density at radius 3 is 2.52 bits per heavy atom. The summed E-state index contributed by atoms with van der Waals surface area (Å²) in [4.78, 5) is 28.2. The maximum Gasteiger partial charge on any atom is 0.325 e. The molecule has 8 heteroatoms. The van der Waals surface area contributed by atoms with Gasteiger partial charge in [0.25, 0.3) is 5.79 Å². The van der Waals surface area contributed by atoms with E-state index in [9.17, 15) is 9.59 Å².